The number of amides is 1. The first-order chi connectivity index (χ1) is 6.99. The smallest absolute Gasteiger partial charge is 0.234 e. The van der Waals surface area contributed by atoms with Crippen molar-refractivity contribution in [3.63, 3.8) is 0 Å². The summed E-state index contributed by atoms with van der Waals surface area (Å²) in [6.45, 7) is 1.77. The lowest BCUT2D eigenvalue weighted by molar-refractivity contribution is -0.119. The first-order valence-corrected chi connectivity index (χ1v) is 4.46. The summed E-state index contributed by atoms with van der Waals surface area (Å²) in [5.74, 6) is -1.79. The highest BCUT2D eigenvalue weighted by Gasteiger charge is 2.08. The Hall–Kier alpha value is -1.20. The molecule has 0 fully saturated rings. The van der Waals surface area contributed by atoms with Gasteiger partial charge in [0.25, 0.3) is 0 Å². The highest BCUT2D eigenvalue weighted by atomic mass is 35.5. The quantitative estimate of drug-likeness (QED) is 0.848. The molecule has 0 aliphatic rings. The van der Waals surface area contributed by atoms with Gasteiger partial charge in [0, 0.05) is 12.6 Å². The van der Waals surface area contributed by atoms with E-state index in [9.17, 15) is 13.6 Å². The number of rotatable bonds is 4. The molecule has 0 saturated heterocycles. The molecule has 1 atom stereocenters. The minimum absolute atomic E-state index is 0. The highest BCUT2D eigenvalue weighted by Crippen LogP contribution is 2.07. The zero-order valence-corrected chi connectivity index (χ0v) is 9.48. The molecule has 0 radical (unpaired) electrons. The molecule has 0 spiro atoms. The molecule has 0 bridgehead atoms. The molecule has 1 aromatic rings. The maximum atomic E-state index is 12.8. The Bertz CT molecular complexity index is 354. The topological polar surface area (TPSA) is 55.1 Å². The summed E-state index contributed by atoms with van der Waals surface area (Å²) < 4.78 is 25.5. The van der Waals surface area contributed by atoms with Crippen LogP contribution in [0.1, 0.15) is 12.5 Å². The Kier molecular flexibility index (Phi) is 5.92. The van der Waals surface area contributed by atoms with Crippen LogP contribution in [0.5, 0.6) is 0 Å². The molecule has 90 valence electrons. The molecule has 6 heteroatoms. The number of carbonyl (C=O) groups excluding carboxylic acids is 1. The van der Waals surface area contributed by atoms with Crippen molar-refractivity contribution in [2.24, 2.45) is 5.73 Å². The maximum Gasteiger partial charge on any atom is 0.234 e. The number of halogens is 3. The molecule has 0 aliphatic heterocycles. The van der Waals surface area contributed by atoms with Gasteiger partial charge in [0.15, 0.2) is 0 Å². The first-order valence-electron chi connectivity index (χ1n) is 4.46. The van der Waals surface area contributed by atoms with E-state index in [-0.39, 0.29) is 19.0 Å². The number of primary amides is 1. The van der Waals surface area contributed by atoms with Crippen molar-refractivity contribution in [2.75, 3.05) is 0 Å². The number of nitrogens with one attached hydrogen (secondary N) is 1. The van der Waals surface area contributed by atoms with E-state index >= 15 is 0 Å². The van der Waals surface area contributed by atoms with Gasteiger partial charge in [0.05, 0.1) is 6.04 Å². The first kappa shape index (κ1) is 14.8. The lowest BCUT2D eigenvalue weighted by atomic mass is 10.2. The molecule has 0 aromatic heterocycles. The summed E-state index contributed by atoms with van der Waals surface area (Å²) in [7, 11) is 0. The molecule has 3 nitrogen and oxygen atoms in total. The third-order valence-electron chi connectivity index (χ3n) is 1.96. The lowest BCUT2D eigenvalue weighted by Gasteiger charge is -2.09. The predicted molar refractivity (Wildman–Crippen MR) is 59.1 cm³/mol. The van der Waals surface area contributed by atoms with Gasteiger partial charge in [0.1, 0.15) is 11.6 Å². The SMILES string of the molecule is C[C@H](NCc1cc(F)cc(F)c1)C(N)=O.Cl. The van der Waals surface area contributed by atoms with Gasteiger partial charge in [-0.3, -0.25) is 4.79 Å². The number of hydrogen-bond acceptors (Lipinski definition) is 2. The van der Waals surface area contributed by atoms with Gasteiger partial charge in [-0.1, -0.05) is 0 Å². The summed E-state index contributed by atoms with van der Waals surface area (Å²) in [5, 5.41) is 2.74. The van der Waals surface area contributed by atoms with E-state index in [0.29, 0.717) is 5.56 Å². The molecule has 0 unspecified atom stereocenters. The minimum atomic E-state index is -0.640. The van der Waals surface area contributed by atoms with Crippen LogP contribution in [-0.2, 0) is 11.3 Å². The van der Waals surface area contributed by atoms with E-state index in [1.807, 2.05) is 0 Å². The largest absolute Gasteiger partial charge is 0.368 e. The Labute approximate surface area is 98.4 Å². The van der Waals surface area contributed by atoms with Crippen LogP contribution >= 0.6 is 12.4 Å². The van der Waals surface area contributed by atoms with Crippen molar-refractivity contribution in [1.29, 1.82) is 0 Å². The second kappa shape index (κ2) is 6.40. The maximum absolute atomic E-state index is 12.8. The van der Waals surface area contributed by atoms with E-state index in [0.717, 1.165) is 6.07 Å². The summed E-state index contributed by atoms with van der Waals surface area (Å²) in [4.78, 5) is 10.7. The Morgan fingerprint density at radius 1 is 1.38 bits per heavy atom. The third kappa shape index (κ3) is 4.55. The monoisotopic (exact) mass is 250 g/mol. The highest BCUT2D eigenvalue weighted by molar-refractivity contribution is 5.85. The van der Waals surface area contributed by atoms with Crippen LogP contribution in [0, 0.1) is 11.6 Å². The molecule has 0 heterocycles. The van der Waals surface area contributed by atoms with Gasteiger partial charge >= 0.3 is 0 Å². The number of benzene rings is 1. The van der Waals surface area contributed by atoms with Crippen LogP contribution in [0.2, 0.25) is 0 Å². The van der Waals surface area contributed by atoms with E-state index < -0.39 is 23.6 Å². The van der Waals surface area contributed by atoms with Crippen LogP contribution in [0.3, 0.4) is 0 Å². The second-order valence-electron chi connectivity index (χ2n) is 3.28. The average Bonchev–Trinajstić information content (AvgIpc) is 2.12. The van der Waals surface area contributed by atoms with Crippen LogP contribution in [0.4, 0.5) is 8.78 Å². The van der Waals surface area contributed by atoms with Gasteiger partial charge in [-0.05, 0) is 24.6 Å². The normalized spacial score (nSPS) is 11.7. The van der Waals surface area contributed by atoms with E-state index in [1.54, 1.807) is 6.92 Å². The Morgan fingerprint density at radius 2 is 1.88 bits per heavy atom. The number of carbonyl (C=O) groups is 1. The number of nitrogens with two attached hydrogens (primary N) is 1. The fourth-order valence-electron chi connectivity index (χ4n) is 1.08. The van der Waals surface area contributed by atoms with E-state index in [4.69, 9.17) is 5.73 Å². The van der Waals surface area contributed by atoms with Crippen LogP contribution < -0.4 is 11.1 Å². The fraction of sp³-hybridized carbons (Fsp3) is 0.300. The summed E-state index contributed by atoms with van der Waals surface area (Å²) in [5.41, 5.74) is 5.44. The summed E-state index contributed by atoms with van der Waals surface area (Å²) in [6, 6.07) is 2.66. The van der Waals surface area contributed by atoms with Crippen molar-refractivity contribution in [3.8, 4) is 0 Å². The van der Waals surface area contributed by atoms with Gasteiger partial charge < -0.3 is 11.1 Å². The van der Waals surface area contributed by atoms with Gasteiger partial charge in [-0.25, -0.2) is 8.78 Å². The van der Waals surface area contributed by atoms with Crippen LogP contribution in [0.15, 0.2) is 18.2 Å². The molecule has 1 aromatic carbocycles. The molecule has 3 N–H and O–H groups in total. The van der Waals surface area contributed by atoms with Crippen molar-refractivity contribution in [1.82, 2.24) is 5.32 Å². The molecule has 1 amide bonds. The lowest BCUT2D eigenvalue weighted by Crippen LogP contribution is -2.38. The van der Waals surface area contributed by atoms with Crippen LogP contribution in [0.25, 0.3) is 0 Å². The molecule has 0 aliphatic carbocycles. The third-order valence-corrected chi connectivity index (χ3v) is 1.96. The van der Waals surface area contributed by atoms with Crippen molar-refractivity contribution in [2.45, 2.75) is 19.5 Å². The van der Waals surface area contributed by atoms with Crippen molar-refractivity contribution in [3.05, 3.63) is 35.4 Å². The molecule has 16 heavy (non-hydrogen) atoms. The second-order valence-corrected chi connectivity index (χ2v) is 3.28. The fourth-order valence-corrected chi connectivity index (χ4v) is 1.08. The predicted octanol–water partition coefficient (Wildman–Crippen LogP) is 1.35. The minimum Gasteiger partial charge on any atom is -0.368 e. The van der Waals surface area contributed by atoms with Gasteiger partial charge in [-0.15, -0.1) is 12.4 Å². The molecule has 0 saturated carbocycles. The van der Waals surface area contributed by atoms with Crippen LogP contribution in [-0.4, -0.2) is 11.9 Å². The Balaban J connectivity index is 0.00000225. The summed E-state index contributed by atoms with van der Waals surface area (Å²) >= 11 is 0. The molecular weight excluding hydrogens is 238 g/mol. The standard InChI is InChI=1S/C10H12F2N2O.ClH/c1-6(10(13)15)14-5-7-2-8(11)4-9(12)3-7;/h2-4,6,14H,5H2,1H3,(H2,13,15);1H/t6-;/m0./s1. The number of hydrogen-bond donors (Lipinski definition) is 2. The van der Waals surface area contributed by atoms with Crippen molar-refractivity contribution < 1.29 is 13.6 Å². The average molecular weight is 251 g/mol. The molecule has 1 rings (SSSR count). The zero-order valence-electron chi connectivity index (χ0n) is 8.67. The van der Waals surface area contributed by atoms with Gasteiger partial charge in [-0.2, -0.15) is 0 Å². The Morgan fingerprint density at radius 3 is 2.31 bits per heavy atom. The molecular formula is C10H13ClF2N2O. The van der Waals surface area contributed by atoms with E-state index in [2.05, 4.69) is 5.32 Å². The van der Waals surface area contributed by atoms with Gasteiger partial charge in [0.2, 0.25) is 5.91 Å². The van der Waals surface area contributed by atoms with E-state index in [1.165, 1.54) is 12.1 Å². The zero-order chi connectivity index (χ0) is 11.4. The van der Waals surface area contributed by atoms with Crippen molar-refractivity contribution >= 4 is 18.3 Å². The summed E-state index contributed by atoms with van der Waals surface area (Å²) in [6.07, 6.45) is 0.